The Morgan fingerprint density at radius 1 is 1.32 bits per heavy atom. The number of phenols is 1. The van der Waals surface area contributed by atoms with E-state index in [0.717, 1.165) is 18.4 Å². The Balaban J connectivity index is 1.65. The molecule has 4 heteroatoms. The number of fused-ring (bicyclic) bond motifs is 1. The van der Waals surface area contributed by atoms with Crippen LogP contribution in [-0.4, -0.2) is 42.8 Å². The molecule has 0 radical (unpaired) electrons. The number of likely N-dealkylation sites (tertiary alicyclic amines) is 1. The van der Waals surface area contributed by atoms with Crippen LogP contribution in [0.15, 0.2) is 18.2 Å². The number of ether oxygens (including phenoxy) is 1. The van der Waals surface area contributed by atoms with Crippen LogP contribution in [0.25, 0.3) is 0 Å². The molecule has 0 spiro atoms. The smallest absolute Gasteiger partial charge is 0.161 e. The first-order valence-corrected chi connectivity index (χ1v) is 7.14. The van der Waals surface area contributed by atoms with E-state index in [9.17, 15) is 5.11 Å². The van der Waals surface area contributed by atoms with Crippen molar-refractivity contribution in [3.8, 4) is 11.5 Å². The molecule has 1 aromatic rings. The summed E-state index contributed by atoms with van der Waals surface area (Å²) in [4.78, 5) is 2.51. The summed E-state index contributed by atoms with van der Waals surface area (Å²) in [7, 11) is 0. The first kappa shape index (κ1) is 12.8. The van der Waals surface area contributed by atoms with Gasteiger partial charge in [-0.1, -0.05) is 6.07 Å². The molecule has 2 atom stereocenters. The van der Waals surface area contributed by atoms with Crippen LogP contribution in [-0.2, 0) is 6.54 Å². The van der Waals surface area contributed by atoms with Crippen LogP contribution in [0.2, 0.25) is 0 Å². The van der Waals surface area contributed by atoms with E-state index in [4.69, 9.17) is 4.74 Å². The lowest BCUT2D eigenvalue weighted by Crippen LogP contribution is -2.25. The van der Waals surface area contributed by atoms with Crippen molar-refractivity contribution in [2.45, 2.75) is 13.5 Å². The van der Waals surface area contributed by atoms with E-state index < -0.39 is 0 Å². The number of rotatable bonds is 4. The number of aromatic hydroxyl groups is 1. The highest BCUT2D eigenvalue weighted by molar-refractivity contribution is 5.41. The highest BCUT2D eigenvalue weighted by Crippen LogP contribution is 2.30. The maximum absolute atomic E-state index is 9.71. The lowest BCUT2D eigenvalue weighted by molar-refractivity contribution is 0.300. The fourth-order valence-electron chi connectivity index (χ4n) is 3.27. The van der Waals surface area contributed by atoms with Crippen molar-refractivity contribution in [2.24, 2.45) is 11.8 Å². The Hall–Kier alpha value is -1.26. The van der Waals surface area contributed by atoms with Gasteiger partial charge in [-0.25, -0.2) is 0 Å². The Kier molecular flexibility index (Phi) is 3.62. The van der Waals surface area contributed by atoms with Crippen LogP contribution >= 0.6 is 0 Å². The molecule has 0 aliphatic carbocycles. The average Bonchev–Trinajstić information content (AvgIpc) is 2.94. The predicted octanol–water partition coefficient (Wildman–Crippen LogP) is 1.44. The van der Waals surface area contributed by atoms with Crippen molar-refractivity contribution < 1.29 is 9.84 Å². The molecule has 3 rings (SSSR count). The van der Waals surface area contributed by atoms with Crippen molar-refractivity contribution in [3.05, 3.63) is 23.8 Å². The van der Waals surface area contributed by atoms with E-state index in [0.29, 0.717) is 12.4 Å². The van der Waals surface area contributed by atoms with Crippen molar-refractivity contribution in [3.63, 3.8) is 0 Å². The van der Waals surface area contributed by atoms with Crippen LogP contribution in [0, 0.1) is 11.8 Å². The number of hydrogen-bond donors (Lipinski definition) is 2. The molecule has 2 aliphatic rings. The van der Waals surface area contributed by atoms with Gasteiger partial charge >= 0.3 is 0 Å². The Bertz CT molecular complexity index is 438. The Morgan fingerprint density at radius 3 is 2.74 bits per heavy atom. The van der Waals surface area contributed by atoms with E-state index in [1.807, 2.05) is 19.1 Å². The van der Waals surface area contributed by atoms with Crippen LogP contribution in [0.4, 0.5) is 0 Å². The third-order valence-corrected chi connectivity index (χ3v) is 4.20. The van der Waals surface area contributed by atoms with Crippen molar-refractivity contribution in [2.75, 3.05) is 32.8 Å². The Labute approximate surface area is 114 Å². The van der Waals surface area contributed by atoms with Crippen molar-refractivity contribution >= 4 is 0 Å². The van der Waals surface area contributed by atoms with Gasteiger partial charge in [0.25, 0.3) is 0 Å². The zero-order valence-corrected chi connectivity index (χ0v) is 11.4. The molecule has 4 nitrogen and oxygen atoms in total. The van der Waals surface area contributed by atoms with Crippen LogP contribution in [0.1, 0.15) is 12.5 Å². The zero-order valence-electron chi connectivity index (χ0n) is 11.4. The molecule has 0 unspecified atom stereocenters. The van der Waals surface area contributed by atoms with Gasteiger partial charge < -0.3 is 15.2 Å². The lowest BCUT2D eigenvalue weighted by atomic mass is 10.0. The molecule has 2 fully saturated rings. The number of benzene rings is 1. The number of nitrogens with one attached hydrogen (secondary N) is 1. The molecule has 104 valence electrons. The van der Waals surface area contributed by atoms with Crippen molar-refractivity contribution in [1.82, 2.24) is 10.2 Å². The zero-order chi connectivity index (χ0) is 13.2. The number of nitrogens with zero attached hydrogens (tertiary/aromatic N) is 1. The normalized spacial score (nSPS) is 26.6. The summed E-state index contributed by atoms with van der Waals surface area (Å²) >= 11 is 0. The summed E-state index contributed by atoms with van der Waals surface area (Å²) in [6.07, 6.45) is 0. The Morgan fingerprint density at radius 2 is 2.05 bits per heavy atom. The number of phenolic OH excluding ortho intramolecular Hbond substituents is 1. The van der Waals surface area contributed by atoms with Gasteiger partial charge in [-0.3, -0.25) is 4.90 Å². The highest BCUT2D eigenvalue weighted by Gasteiger charge is 2.35. The molecular weight excluding hydrogens is 240 g/mol. The molecule has 2 aliphatic heterocycles. The predicted molar refractivity (Wildman–Crippen MR) is 74.4 cm³/mol. The quantitative estimate of drug-likeness (QED) is 0.862. The van der Waals surface area contributed by atoms with Gasteiger partial charge in [-0.15, -0.1) is 0 Å². The number of hydrogen-bond acceptors (Lipinski definition) is 4. The van der Waals surface area contributed by atoms with Gasteiger partial charge in [0.05, 0.1) is 6.61 Å². The van der Waals surface area contributed by atoms with E-state index in [1.165, 1.54) is 31.7 Å². The largest absolute Gasteiger partial charge is 0.504 e. The van der Waals surface area contributed by atoms with Gasteiger partial charge in [0.1, 0.15) is 0 Å². The average molecular weight is 262 g/mol. The van der Waals surface area contributed by atoms with Gasteiger partial charge in [0, 0.05) is 19.6 Å². The minimum Gasteiger partial charge on any atom is -0.504 e. The fraction of sp³-hybridized carbons (Fsp3) is 0.600. The summed E-state index contributed by atoms with van der Waals surface area (Å²) < 4.78 is 5.44. The third kappa shape index (κ3) is 2.69. The molecule has 2 N–H and O–H groups in total. The first-order chi connectivity index (χ1) is 9.26. The summed E-state index contributed by atoms with van der Waals surface area (Å²) in [6, 6.07) is 5.69. The monoisotopic (exact) mass is 262 g/mol. The van der Waals surface area contributed by atoms with E-state index in [1.54, 1.807) is 6.07 Å². The van der Waals surface area contributed by atoms with Crippen LogP contribution < -0.4 is 10.1 Å². The second-order valence-corrected chi connectivity index (χ2v) is 5.61. The van der Waals surface area contributed by atoms with E-state index in [-0.39, 0.29) is 5.75 Å². The standard InChI is InChI=1S/C15H22N2O2/c1-2-19-15-5-11(3-4-14(15)18)8-17-9-12-6-16-7-13(12)10-17/h3-5,12-13,16,18H,2,6-10H2,1H3/t12-,13+. The van der Waals surface area contributed by atoms with E-state index in [2.05, 4.69) is 10.2 Å². The maximum Gasteiger partial charge on any atom is 0.161 e. The van der Waals surface area contributed by atoms with Gasteiger partial charge in [-0.2, -0.15) is 0 Å². The minimum atomic E-state index is 0.230. The summed E-state index contributed by atoms with van der Waals surface area (Å²) in [5.74, 6) is 2.47. The van der Waals surface area contributed by atoms with Gasteiger partial charge in [0.2, 0.25) is 0 Å². The van der Waals surface area contributed by atoms with Gasteiger partial charge in [-0.05, 0) is 49.5 Å². The summed E-state index contributed by atoms with van der Waals surface area (Å²) in [5.41, 5.74) is 1.22. The summed E-state index contributed by atoms with van der Waals surface area (Å²) in [5, 5.41) is 13.2. The third-order valence-electron chi connectivity index (χ3n) is 4.20. The van der Waals surface area contributed by atoms with Gasteiger partial charge in [0.15, 0.2) is 11.5 Å². The first-order valence-electron chi connectivity index (χ1n) is 7.14. The molecule has 19 heavy (non-hydrogen) atoms. The molecule has 0 aromatic heterocycles. The topological polar surface area (TPSA) is 44.7 Å². The van der Waals surface area contributed by atoms with Crippen LogP contribution in [0.5, 0.6) is 11.5 Å². The van der Waals surface area contributed by atoms with Crippen LogP contribution in [0.3, 0.4) is 0 Å². The molecule has 0 amide bonds. The summed E-state index contributed by atoms with van der Waals surface area (Å²) in [6.45, 7) is 8.16. The van der Waals surface area contributed by atoms with E-state index >= 15 is 0 Å². The van der Waals surface area contributed by atoms with Crippen molar-refractivity contribution in [1.29, 1.82) is 0 Å². The fourth-order valence-corrected chi connectivity index (χ4v) is 3.27. The maximum atomic E-state index is 9.71. The highest BCUT2D eigenvalue weighted by atomic mass is 16.5. The molecular formula is C15H22N2O2. The molecule has 0 bridgehead atoms. The minimum absolute atomic E-state index is 0.230. The SMILES string of the molecule is CCOc1cc(CN2C[C@H]3CNC[C@H]3C2)ccc1O. The molecule has 2 heterocycles. The lowest BCUT2D eigenvalue weighted by Gasteiger charge is -2.17. The molecule has 1 aromatic carbocycles. The second kappa shape index (κ2) is 5.39. The second-order valence-electron chi connectivity index (χ2n) is 5.61. The molecule has 2 saturated heterocycles. The molecule has 0 saturated carbocycles.